The van der Waals surface area contributed by atoms with Crippen LogP contribution in [-0.4, -0.2) is 48.1 Å². The van der Waals surface area contributed by atoms with Gasteiger partial charge in [0.1, 0.15) is 5.82 Å². The summed E-state index contributed by atoms with van der Waals surface area (Å²) in [6.07, 6.45) is 1.84. The monoisotopic (exact) mass is 528 g/mol. The van der Waals surface area contributed by atoms with Gasteiger partial charge in [-0.05, 0) is 112 Å². The first-order valence-corrected chi connectivity index (χ1v) is 13.4. The SMILES string of the molecule is N#Cc1cccc([C@]23CC[C@@H](N(CCCN4CCCC4)C(=O)Nc4cc(F)cc(C(F)(F)F)c4)CC2C3)c1. The lowest BCUT2D eigenvalue weighted by molar-refractivity contribution is -0.137. The third kappa shape index (κ3) is 5.65. The van der Waals surface area contributed by atoms with Crippen molar-refractivity contribution in [2.24, 2.45) is 5.92 Å². The first-order chi connectivity index (χ1) is 18.2. The number of urea groups is 1. The maximum atomic E-state index is 14.0. The van der Waals surface area contributed by atoms with E-state index in [2.05, 4.69) is 22.4 Å². The van der Waals surface area contributed by atoms with Crippen LogP contribution >= 0.6 is 0 Å². The molecule has 5 nitrogen and oxygen atoms in total. The van der Waals surface area contributed by atoms with Gasteiger partial charge in [0.15, 0.2) is 0 Å². The highest BCUT2D eigenvalue weighted by atomic mass is 19.4. The predicted octanol–water partition coefficient (Wildman–Crippen LogP) is 6.55. The quantitative estimate of drug-likeness (QED) is 0.415. The number of amides is 2. The number of alkyl halides is 3. The fourth-order valence-corrected chi connectivity index (χ4v) is 6.49. The third-order valence-corrected chi connectivity index (χ3v) is 8.53. The summed E-state index contributed by atoms with van der Waals surface area (Å²) in [5.41, 5.74) is 0.515. The second kappa shape index (κ2) is 10.6. The summed E-state index contributed by atoms with van der Waals surface area (Å²) in [5.74, 6) is -0.661. The molecule has 0 bridgehead atoms. The van der Waals surface area contributed by atoms with E-state index in [0.717, 1.165) is 63.9 Å². The minimum Gasteiger partial charge on any atom is -0.321 e. The Bertz CT molecular complexity index is 1220. The summed E-state index contributed by atoms with van der Waals surface area (Å²) in [7, 11) is 0. The van der Waals surface area contributed by atoms with Gasteiger partial charge in [0.2, 0.25) is 0 Å². The Morgan fingerprint density at radius 1 is 1.18 bits per heavy atom. The predicted molar refractivity (Wildman–Crippen MR) is 136 cm³/mol. The van der Waals surface area contributed by atoms with Crippen LogP contribution in [0.4, 0.5) is 28.0 Å². The Kier molecular flexibility index (Phi) is 7.36. The van der Waals surface area contributed by atoms with E-state index < -0.39 is 23.6 Å². The van der Waals surface area contributed by atoms with Crippen molar-refractivity contribution < 1.29 is 22.4 Å². The standard InChI is InChI=1S/C29H32F4N4O/c30-24-14-22(29(31,32)33)15-25(17-24)35-27(38)37(12-4-11-36-9-1-2-10-36)26-7-8-28(18-23(28)16-26)21-6-3-5-20(13-21)19-34/h3,5-6,13-15,17,23,26H,1-2,4,7-12,16,18H2,(H,35,38)/t23?,26-,28-/m1/s1. The Labute approximate surface area is 220 Å². The number of nitriles is 1. The van der Waals surface area contributed by atoms with E-state index in [1.165, 1.54) is 18.4 Å². The molecule has 0 radical (unpaired) electrons. The number of hydrogen-bond acceptors (Lipinski definition) is 3. The zero-order valence-electron chi connectivity index (χ0n) is 21.2. The van der Waals surface area contributed by atoms with Gasteiger partial charge in [-0.3, -0.25) is 0 Å². The molecule has 9 heteroatoms. The molecule has 1 aliphatic heterocycles. The van der Waals surface area contributed by atoms with E-state index in [0.29, 0.717) is 24.1 Å². The third-order valence-electron chi connectivity index (χ3n) is 8.53. The summed E-state index contributed by atoms with van der Waals surface area (Å²) >= 11 is 0. The van der Waals surface area contributed by atoms with Crippen molar-refractivity contribution in [1.82, 2.24) is 9.80 Å². The van der Waals surface area contributed by atoms with Crippen LogP contribution in [0.5, 0.6) is 0 Å². The number of benzene rings is 2. The molecule has 2 amide bonds. The van der Waals surface area contributed by atoms with Crippen molar-refractivity contribution in [2.75, 3.05) is 31.5 Å². The highest BCUT2D eigenvalue weighted by Crippen LogP contribution is 2.63. The normalized spacial score (nSPS) is 24.9. The molecule has 202 valence electrons. The highest BCUT2D eigenvalue weighted by molar-refractivity contribution is 5.89. The summed E-state index contributed by atoms with van der Waals surface area (Å²) in [5, 5.41) is 11.9. The van der Waals surface area contributed by atoms with Crippen molar-refractivity contribution >= 4 is 11.7 Å². The van der Waals surface area contributed by atoms with Crippen molar-refractivity contribution in [2.45, 2.75) is 62.6 Å². The van der Waals surface area contributed by atoms with Crippen LogP contribution in [0.3, 0.4) is 0 Å². The Hall–Kier alpha value is -3.12. The fraction of sp³-hybridized carbons (Fsp3) is 0.517. The van der Waals surface area contributed by atoms with Crippen LogP contribution in [0, 0.1) is 23.1 Å². The smallest absolute Gasteiger partial charge is 0.321 e. The van der Waals surface area contributed by atoms with Crippen LogP contribution in [0.2, 0.25) is 0 Å². The molecular weight excluding hydrogens is 496 g/mol. The molecule has 0 spiro atoms. The molecule has 1 unspecified atom stereocenters. The average molecular weight is 529 g/mol. The molecule has 3 aliphatic rings. The summed E-state index contributed by atoms with van der Waals surface area (Å²) in [6.45, 7) is 3.44. The zero-order chi connectivity index (χ0) is 26.9. The fourth-order valence-electron chi connectivity index (χ4n) is 6.49. The number of hydrogen-bond donors (Lipinski definition) is 1. The van der Waals surface area contributed by atoms with Gasteiger partial charge in [0.25, 0.3) is 0 Å². The lowest BCUT2D eigenvalue weighted by atomic mass is 9.80. The second-order valence-corrected chi connectivity index (χ2v) is 10.9. The van der Waals surface area contributed by atoms with E-state index in [9.17, 15) is 27.6 Å². The largest absolute Gasteiger partial charge is 0.416 e. The molecule has 2 aromatic carbocycles. The summed E-state index contributed by atoms with van der Waals surface area (Å²) < 4.78 is 53.6. The molecule has 3 fully saturated rings. The van der Waals surface area contributed by atoms with Gasteiger partial charge in [0, 0.05) is 18.3 Å². The maximum absolute atomic E-state index is 14.0. The topological polar surface area (TPSA) is 59.4 Å². The summed E-state index contributed by atoms with van der Waals surface area (Å²) in [6, 6.07) is 11.5. The number of carbonyl (C=O) groups excluding carboxylic acids is 1. The molecule has 1 heterocycles. The zero-order valence-corrected chi connectivity index (χ0v) is 21.2. The van der Waals surface area contributed by atoms with Crippen molar-refractivity contribution in [3.63, 3.8) is 0 Å². The number of nitrogens with zero attached hydrogens (tertiary/aromatic N) is 3. The molecule has 1 N–H and O–H groups in total. The van der Waals surface area contributed by atoms with E-state index in [1.54, 1.807) is 11.0 Å². The highest BCUT2D eigenvalue weighted by Gasteiger charge is 2.58. The molecule has 2 aliphatic carbocycles. The minimum atomic E-state index is -4.71. The van der Waals surface area contributed by atoms with Crippen molar-refractivity contribution in [3.05, 3.63) is 65.0 Å². The van der Waals surface area contributed by atoms with Crippen LogP contribution in [0.25, 0.3) is 0 Å². The molecule has 3 atom stereocenters. The Balaban J connectivity index is 1.30. The molecule has 1 saturated heterocycles. The maximum Gasteiger partial charge on any atom is 0.416 e. The van der Waals surface area contributed by atoms with Gasteiger partial charge in [-0.15, -0.1) is 0 Å². The van der Waals surface area contributed by atoms with Gasteiger partial charge in [-0.25, -0.2) is 9.18 Å². The lowest BCUT2D eigenvalue weighted by Crippen LogP contribution is -2.46. The molecule has 2 saturated carbocycles. The molecule has 38 heavy (non-hydrogen) atoms. The molecular formula is C29H32F4N4O. The van der Waals surface area contributed by atoms with Gasteiger partial charge in [0.05, 0.1) is 17.2 Å². The number of nitrogens with one attached hydrogen (secondary N) is 1. The van der Waals surface area contributed by atoms with Crippen LogP contribution < -0.4 is 5.32 Å². The van der Waals surface area contributed by atoms with Gasteiger partial charge < -0.3 is 15.1 Å². The van der Waals surface area contributed by atoms with Crippen molar-refractivity contribution in [1.29, 1.82) is 5.26 Å². The Morgan fingerprint density at radius 2 is 1.97 bits per heavy atom. The van der Waals surface area contributed by atoms with Crippen LogP contribution in [0.15, 0.2) is 42.5 Å². The van der Waals surface area contributed by atoms with Gasteiger partial charge in [-0.1, -0.05) is 12.1 Å². The van der Waals surface area contributed by atoms with Crippen molar-refractivity contribution in [3.8, 4) is 6.07 Å². The van der Waals surface area contributed by atoms with Gasteiger partial charge >= 0.3 is 12.2 Å². The van der Waals surface area contributed by atoms with Crippen LogP contribution in [-0.2, 0) is 11.6 Å². The number of likely N-dealkylation sites (tertiary alicyclic amines) is 1. The van der Waals surface area contributed by atoms with E-state index in [4.69, 9.17) is 0 Å². The molecule has 5 rings (SSSR count). The Morgan fingerprint density at radius 3 is 2.68 bits per heavy atom. The van der Waals surface area contributed by atoms with Crippen LogP contribution in [0.1, 0.15) is 61.6 Å². The number of carbonyl (C=O) groups is 1. The summed E-state index contributed by atoms with van der Waals surface area (Å²) in [4.78, 5) is 17.5. The van der Waals surface area contributed by atoms with E-state index in [1.807, 2.05) is 12.1 Å². The first kappa shape index (κ1) is 26.5. The van der Waals surface area contributed by atoms with E-state index >= 15 is 0 Å². The average Bonchev–Trinajstić information content (AvgIpc) is 3.40. The molecule has 2 aromatic rings. The first-order valence-electron chi connectivity index (χ1n) is 13.4. The van der Waals surface area contributed by atoms with Gasteiger partial charge in [-0.2, -0.15) is 18.4 Å². The minimum absolute atomic E-state index is 0.0330. The number of fused-ring (bicyclic) bond motifs is 1. The molecule has 0 aromatic heterocycles. The lowest BCUT2D eigenvalue weighted by Gasteiger charge is -2.37. The van der Waals surface area contributed by atoms with E-state index in [-0.39, 0.29) is 17.1 Å². The number of rotatable bonds is 7. The number of anilines is 1. The number of halogens is 4. The second-order valence-electron chi connectivity index (χ2n) is 10.9.